The zero-order valence-electron chi connectivity index (χ0n) is 14.8. The molecule has 1 aromatic rings. The first-order chi connectivity index (χ1) is 12.4. The third-order valence-corrected chi connectivity index (χ3v) is 4.24. The summed E-state index contributed by atoms with van der Waals surface area (Å²) in [6.07, 6.45) is -2.83. The van der Waals surface area contributed by atoms with Gasteiger partial charge in [0.15, 0.2) is 18.1 Å². The zero-order valence-corrected chi connectivity index (χ0v) is 14.8. The third-order valence-electron chi connectivity index (χ3n) is 4.24. The van der Waals surface area contributed by atoms with Gasteiger partial charge in [-0.25, -0.2) is 0 Å². The van der Waals surface area contributed by atoms with Crippen molar-refractivity contribution in [2.45, 2.75) is 56.9 Å². The maximum Gasteiger partial charge on any atom is 0.317 e. The van der Waals surface area contributed by atoms with Gasteiger partial charge >= 0.3 is 5.97 Å². The second kappa shape index (κ2) is 7.61. The highest BCUT2D eigenvalue weighted by Gasteiger charge is 2.58. The summed E-state index contributed by atoms with van der Waals surface area (Å²) in [7, 11) is 1.22. The maximum absolute atomic E-state index is 12.1. The van der Waals surface area contributed by atoms with Gasteiger partial charge in [0.2, 0.25) is 0 Å². The summed E-state index contributed by atoms with van der Waals surface area (Å²) in [5, 5.41) is 3.54. The molecule has 2 saturated heterocycles. The summed E-state index contributed by atoms with van der Waals surface area (Å²) in [6.45, 7) is 3.81. The molecule has 2 fully saturated rings. The molecule has 0 unspecified atom stereocenters. The molecule has 9 nitrogen and oxygen atoms in total. The minimum Gasteiger partial charge on any atom is -0.469 e. The molecule has 9 heteroatoms. The fourth-order valence-corrected chi connectivity index (χ4v) is 3.14. The van der Waals surface area contributed by atoms with Crippen LogP contribution >= 0.6 is 0 Å². The van der Waals surface area contributed by atoms with Crippen molar-refractivity contribution in [3.63, 3.8) is 0 Å². The average Bonchev–Trinajstić information content (AvgIpc) is 3.09. The Morgan fingerprint density at radius 3 is 2.73 bits per heavy atom. The van der Waals surface area contributed by atoms with E-state index in [-0.39, 0.29) is 6.61 Å². The molecule has 3 rings (SSSR count). The largest absolute Gasteiger partial charge is 0.469 e. The van der Waals surface area contributed by atoms with Crippen LogP contribution in [0.5, 0.6) is 0 Å². The lowest BCUT2D eigenvalue weighted by molar-refractivity contribution is -0.222. The standard InChI is InChI=1S/C17H21N3O6/c1-17(2)25-14-13(23-9-10-7-5-4-6-8-10)12(24-16(14)26-17)11(19-20-18)15(21)22-3/h4-8,11-14,16H,9H2,1-3H3/t11-,12+,13-,14+,16+/m0/s1. The molecule has 2 aliphatic heterocycles. The second-order valence-electron chi connectivity index (χ2n) is 6.50. The Balaban J connectivity index is 1.82. The van der Waals surface area contributed by atoms with Gasteiger partial charge in [-0.05, 0) is 24.9 Å². The number of carbonyl (C=O) groups is 1. The lowest BCUT2D eigenvalue weighted by Gasteiger charge is -2.28. The Labute approximate surface area is 150 Å². The van der Waals surface area contributed by atoms with Crippen LogP contribution < -0.4 is 0 Å². The van der Waals surface area contributed by atoms with Crippen molar-refractivity contribution >= 4 is 5.97 Å². The number of hydrogen-bond acceptors (Lipinski definition) is 7. The van der Waals surface area contributed by atoms with E-state index >= 15 is 0 Å². The van der Waals surface area contributed by atoms with Gasteiger partial charge < -0.3 is 23.7 Å². The molecular formula is C17H21N3O6. The van der Waals surface area contributed by atoms with Crippen LogP contribution in [-0.2, 0) is 35.1 Å². The number of ether oxygens (including phenoxy) is 5. The molecule has 0 saturated carbocycles. The van der Waals surface area contributed by atoms with Crippen molar-refractivity contribution in [1.29, 1.82) is 0 Å². The minimum absolute atomic E-state index is 0.280. The summed E-state index contributed by atoms with van der Waals surface area (Å²) >= 11 is 0. The van der Waals surface area contributed by atoms with Crippen LogP contribution in [0, 0.1) is 0 Å². The van der Waals surface area contributed by atoms with Gasteiger partial charge in [0.05, 0.1) is 13.7 Å². The number of hydrogen-bond donors (Lipinski definition) is 0. The first kappa shape index (κ1) is 18.6. The van der Waals surface area contributed by atoms with Crippen LogP contribution in [0.2, 0.25) is 0 Å². The highest BCUT2D eigenvalue weighted by molar-refractivity contribution is 5.76. The molecule has 0 bridgehead atoms. The molecular weight excluding hydrogens is 342 g/mol. The van der Waals surface area contributed by atoms with Crippen molar-refractivity contribution in [3.8, 4) is 0 Å². The molecule has 26 heavy (non-hydrogen) atoms. The van der Waals surface area contributed by atoms with Crippen LogP contribution in [0.3, 0.4) is 0 Å². The lowest BCUT2D eigenvalue weighted by atomic mass is 10.0. The summed E-state index contributed by atoms with van der Waals surface area (Å²) in [5.74, 6) is -1.55. The van der Waals surface area contributed by atoms with Crippen LogP contribution in [0.4, 0.5) is 0 Å². The smallest absolute Gasteiger partial charge is 0.317 e. The molecule has 0 spiro atoms. The number of fused-ring (bicyclic) bond motifs is 1. The van der Waals surface area contributed by atoms with Crippen LogP contribution in [0.1, 0.15) is 19.4 Å². The normalized spacial score (nSPS) is 30.3. The molecule has 5 atom stereocenters. The van der Waals surface area contributed by atoms with Gasteiger partial charge in [-0.15, -0.1) is 0 Å². The molecule has 0 N–H and O–H groups in total. The number of methoxy groups -OCH3 is 1. The predicted octanol–water partition coefficient (Wildman–Crippen LogP) is 2.30. The number of rotatable bonds is 6. The summed E-state index contributed by atoms with van der Waals surface area (Å²) < 4.78 is 28.2. The zero-order chi connectivity index (χ0) is 18.7. The van der Waals surface area contributed by atoms with Gasteiger partial charge in [-0.2, -0.15) is 0 Å². The number of esters is 1. The molecule has 2 heterocycles. The molecule has 2 aliphatic rings. The summed E-state index contributed by atoms with van der Waals surface area (Å²) in [6, 6.07) is 8.35. The number of nitrogens with zero attached hydrogens (tertiary/aromatic N) is 3. The Morgan fingerprint density at radius 2 is 2.08 bits per heavy atom. The van der Waals surface area contributed by atoms with Gasteiger partial charge in [-0.3, -0.25) is 4.79 Å². The Bertz CT molecular complexity index is 691. The first-order valence-electron chi connectivity index (χ1n) is 8.24. The fraction of sp³-hybridized carbons (Fsp3) is 0.588. The highest BCUT2D eigenvalue weighted by Crippen LogP contribution is 2.40. The van der Waals surface area contributed by atoms with E-state index in [1.165, 1.54) is 7.11 Å². The first-order valence-corrected chi connectivity index (χ1v) is 8.24. The monoisotopic (exact) mass is 363 g/mol. The number of benzene rings is 1. The van der Waals surface area contributed by atoms with Crippen molar-refractivity contribution in [2.24, 2.45) is 5.11 Å². The minimum atomic E-state index is -1.20. The van der Waals surface area contributed by atoms with Crippen LogP contribution in [0.25, 0.3) is 10.4 Å². The predicted molar refractivity (Wildman–Crippen MR) is 88.7 cm³/mol. The average molecular weight is 363 g/mol. The quantitative estimate of drug-likeness (QED) is 0.332. The van der Waals surface area contributed by atoms with E-state index in [0.29, 0.717) is 0 Å². The van der Waals surface area contributed by atoms with Gasteiger partial charge in [0, 0.05) is 4.91 Å². The van der Waals surface area contributed by atoms with Crippen molar-refractivity contribution in [1.82, 2.24) is 0 Å². The Kier molecular flexibility index (Phi) is 5.45. The van der Waals surface area contributed by atoms with Crippen molar-refractivity contribution < 1.29 is 28.5 Å². The van der Waals surface area contributed by atoms with E-state index in [9.17, 15) is 4.79 Å². The Hall–Kier alpha value is -2.16. The molecule has 140 valence electrons. The molecule has 0 aromatic heterocycles. The second-order valence-corrected chi connectivity index (χ2v) is 6.50. The van der Waals surface area contributed by atoms with E-state index in [1.54, 1.807) is 13.8 Å². The SMILES string of the molecule is COC(=O)[C@@H](N=[N+]=[N-])[C@H]1O[C@@H]2OC(C)(C)O[C@@H]2[C@H]1OCc1ccccc1. The van der Waals surface area contributed by atoms with Gasteiger partial charge in [-0.1, -0.05) is 35.4 Å². The number of carbonyl (C=O) groups excluding carboxylic acids is 1. The van der Waals surface area contributed by atoms with E-state index in [4.69, 9.17) is 29.2 Å². The maximum atomic E-state index is 12.1. The topological polar surface area (TPSA) is 112 Å². The van der Waals surface area contributed by atoms with Crippen LogP contribution in [0.15, 0.2) is 35.4 Å². The van der Waals surface area contributed by atoms with Gasteiger partial charge in [0.25, 0.3) is 0 Å². The molecule has 0 aliphatic carbocycles. The third kappa shape index (κ3) is 3.82. The van der Waals surface area contributed by atoms with E-state index < -0.39 is 42.4 Å². The highest BCUT2D eigenvalue weighted by atomic mass is 16.8. The summed E-state index contributed by atoms with van der Waals surface area (Å²) in [4.78, 5) is 14.8. The summed E-state index contributed by atoms with van der Waals surface area (Å²) in [5.41, 5.74) is 9.76. The lowest BCUT2D eigenvalue weighted by Crippen LogP contribution is -2.45. The van der Waals surface area contributed by atoms with Gasteiger partial charge in [0.1, 0.15) is 18.3 Å². The molecule has 1 aromatic carbocycles. The number of azide groups is 1. The van der Waals surface area contributed by atoms with E-state index in [2.05, 4.69) is 10.0 Å². The van der Waals surface area contributed by atoms with E-state index in [0.717, 1.165) is 5.56 Å². The van der Waals surface area contributed by atoms with Crippen molar-refractivity contribution in [2.75, 3.05) is 7.11 Å². The van der Waals surface area contributed by atoms with Crippen LogP contribution in [-0.4, -0.2) is 49.5 Å². The molecule has 0 radical (unpaired) electrons. The van der Waals surface area contributed by atoms with Crippen molar-refractivity contribution in [3.05, 3.63) is 46.3 Å². The molecule has 0 amide bonds. The fourth-order valence-electron chi connectivity index (χ4n) is 3.14. The van der Waals surface area contributed by atoms with E-state index in [1.807, 2.05) is 30.3 Å². The Morgan fingerprint density at radius 1 is 1.35 bits per heavy atom.